The molecule has 2 aromatic rings. The number of nitrogens with two attached hydrogens (primary N) is 3. The van der Waals surface area contributed by atoms with Gasteiger partial charge in [-0.3, -0.25) is 14.4 Å². The maximum Gasteiger partial charge on any atom is 0.245 e. The Bertz CT molecular complexity index is 1170. The number of hydrogen-bond donors (Lipinski definition) is 8. The molecule has 4 atom stereocenters. The van der Waals surface area contributed by atoms with Gasteiger partial charge in [0.1, 0.15) is 23.6 Å². The van der Waals surface area contributed by atoms with Crippen LogP contribution >= 0.6 is 0 Å². The van der Waals surface area contributed by atoms with Crippen LogP contribution in [0.2, 0.25) is 0 Å². The van der Waals surface area contributed by atoms with Crippen LogP contribution in [0.1, 0.15) is 17.5 Å². The number of phenols is 2. The Labute approximate surface area is 220 Å². The number of aromatic hydroxyl groups is 2. The molecule has 4 bridgehead atoms. The standard InChI is InChI=1S/C26H36N6O6/c1-32-21(25(37)30-7-6-27)11-17-9-15(3-5-23(17)35)14-2-4-22(34)16(8-14)10-19(29)24(36)31-20(26(32)38)12-18(33)13-28/h2-5,8-9,18-21,33-35H,6-7,10-13,27-29H2,1H3,(H,30,37)(H,31,36)/t18-,19+,20+,21+/m1/s1. The molecule has 0 radical (unpaired) electrons. The molecule has 2 aromatic carbocycles. The van der Waals surface area contributed by atoms with Gasteiger partial charge in [0, 0.05) is 45.9 Å². The SMILES string of the molecule is CN1C(=O)[C@H](C[C@@H](O)CN)NC(=O)[C@@H](N)Cc2cc(ccc2O)-c2ccc(O)c(c2)C[C@H]1C(=O)NCCN. The van der Waals surface area contributed by atoms with Crippen LogP contribution in [0, 0.1) is 0 Å². The highest BCUT2D eigenvalue weighted by molar-refractivity contribution is 5.93. The van der Waals surface area contributed by atoms with Crippen molar-refractivity contribution in [1.29, 1.82) is 0 Å². The van der Waals surface area contributed by atoms with Crippen LogP contribution in [0.5, 0.6) is 11.5 Å². The van der Waals surface area contributed by atoms with Crippen LogP contribution in [0.15, 0.2) is 36.4 Å². The van der Waals surface area contributed by atoms with Crippen LogP contribution < -0.4 is 27.8 Å². The first-order chi connectivity index (χ1) is 18.0. The van der Waals surface area contributed by atoms with Gasteiger partial charge in [-0.2, -0.15) is 0 Å². The fourth-order valence-electron chi connectivity index (χ4n) is 4.38. The second-order valence-corrected chi connectivity index (χ2v) is 9.43. The quantitative estimate of drug-likeness (QED) is 0.214. The van der Waals surface area contributed by atoms with Crippen LogP contribution in [0.25, 0.3) is 11.1 Å². The lowest BCUT2D eigenvalue weighted by Crippen LogP contribution is -2.58. The lowest BCUT2D eigenvalue weighted by molar-refractivity contribution is -0.142. The lowest BCUT2D eigenvalue weighted by atomic mass is 9.95. The second-order valence-electron chi connectivity index (χ2n) is 9.43. The summed E-state index contributed by atoms with van der Waals surface area (Å²) >= 11 is 0. The van der Waals surface area contributed by atoms with E-state index in [0.29, 0.717) is 22.3 Å². The Balaban J connectivity index is 2.15. The van der Waals surface area contributed by atoms with Gasteiger partial charge in [0.05, 0.1) is 12.1 Å². The molecular weight excluding hydrogens is 492 g/mol. The molecule has 0 fully saturated rings. The number of phenolic OH excluding ortho intramolecular Hbond substituents is 2. The van der Waals surface area contributed by atoms with Crippen LogP contribution in [-0.4, -0.2) is 88.9 Å². The molecule has 0 unspecified atom stereocenters. The largest absolute Gasteiger partial charge is 0.508 e. The maximum atomic E-state index is 13.6. The van der Waals surface area contributed by atoms with E-state index in [1.165, 1.54) is 24.1 Å². The lowest BCUT2D eigenvalue weighted by Gasteiger charge is -2.32. The van der Waals surface area contributed by atoms with E-state index in [0.717, 1.165) is 0 Å². The molecule has 0 spiro atoms. The minimum Gasteiger partial charge on any atom is -0.508 e. The zero-order valence-corrected chi connectivity index (χ0v) is 21.3. The summed E-state index contributed by atoms with van der Waals surface area (Å²) in [5.41, 5.74) is 19.4. The van der Waals surface area contributed by atoms with E-state index >= 15 is 0 Å². The molecule has 0 aliphatic carbocycles. The highest BCUT2D eigenvalue weighted by Gasteiger charge is 2.34. The smallest absolute Gasteiger partial charge is 0.245 e. The molecule has 38 heavy (non-hydrogen) atoms. The van der Waals surface area contributed by atoms with Crippen LogP contribution in [0.3, 0.4) is 0 Å². The number of hydrogen-bond acceptors (Lipinski definition) is 9. The van der Waals surface area contributed by atoms with Crippen molar-refractivity contribution in [3.05, 3.63) is 47.5 Å². The third-order valence-corrected chi connectivity index (χ3v) is 6.64. The fourth-order valence-corrected chi connectivity index (χ4v) is 4.38. The van der Waals surface area contributed by atoms with Crippen molar-refractivity contribution in [3.63, 3.8) is 0 Å². The molecule has 0 saturated carbocycles. The van der Waals surface area contributed by atoms with Gasteiger partial charge in [-0.05, 0) is 46.5 Å². The number of carbonyl (C=O) groups is 3. The van der Waals surface area contributed by atoms with E-state index in [2.05, 4.69) is 10.6 Å². The number of carbonyl (C=O) groups excluding carboxylic acids is 3. The van der Waals surface area contributed by atoms with Crippen molar-refractivity contribution in [1.82, 2.24) is 15.5 Å². The van der Waals surface area contributed by atoms with E-state index in [-0.39, 0.29) is 50.4 Å². The van der Waals surface area contributed by atoms with Gasteiger partial charge < -0.3 is 48.1 Å². The molecule has 1 heterocycles. The molecule has 12 nitrogen and oxygen atoms in total. The molecule has 11 N–H and O–H groups in total. The Morgan fingerprint density at radius 3 is 2.21 bits per heavy atom. The summed E-state index contributed by atoms with van der Waals surface area (Å²) in [4.78, 5) is 40.9. The van der Waals surface area contributed by atoms with Gasteiger partial charge in [0.15, 0.2) is 0 Å². The Kier molecular flexibility index (Phi) is 9.64. The van der Waals surface area contributed by atoms with E-state index in [1.807, 2.05) is 0 Å². The summed E-state index contributed by atoms with van der Waals surface area (Å²) in [6.07, 6.45) is -1.40. The Hall–Kier alpha value is -3.71. The summed E-state index contributed by atoms with van der Waals surface area (Å²) < 4.78 is 0. The first kappa shape index (κ1) is 28.9. The third-order valence-electron chi connectivity index (χ3n) is 6.64. The van der Waals surface area contributed by atoms with E-state index in [1.54, 1.807) is 24.3 Å². The summed E-state index contributed by atoms with van der Waals surface area (Å²) in [6.45, 7) is 0.192. The molecule has 0 aromatic heterocycles. The molecule has 206 valence electrons. The maximum absolute atomic E-state index is 13.6. The zero-order valence-electron chi connectivity index (χ0n) is 21.3. The number of benzene rings is 2. The Morgan fingerprint density at radius 1 is 1.08 bits per heavy atom. The number of nitrogens with zero attached hydrogens (tertiary/aromatic N) is 1. The van der Waals surface area contributed by atoms with Crippen molar-refractivity contribution >= 4 is 17.7 Å². The molecule has 3 amide bonds. The number of amides is 3. The minimum atomic E-state index is -1.24. The molecule has 1 aliphatic rings. The zero-order chi connectivity index (χ0) is 28.0. The van der Waals surface area contributed by atoms with Crippen molar-refractivity contribution in [3.8, 4) is 22.6 Å². The number of fused-ring (bicyclic) bond motifs is 5. The van der Waals surface area contributed by atoms with Gasteiger partial charge in [-0.15, -0.1) is 0 Å². The molecular formula is C26H36N6O6. The van der Waals surface area contributed by atoms with Gasteiger partial charge in [-0.25, -0.2) is 0 Å². The average Bonchev–Trinajstić information content (AvgIpc) is 2.90. The molecule has 12 heteroatoms. The average molecular weight is 529 g/mol. The normalized spacial score (nSPS) is 21.2. The topological polar surface area (TPSA) is 217 Å². The number of likely N-dealkylation sites (N-methyl/N-ethyl adjacent to an activating group) is 1. The summed E-state index contributed by atoms with van der Waals surface area (Å²) in [5, 5.41) is 36.5. The van der Waals surface area contributed by atoms with Crippen molar-refractivity contribution in [2.45, 2.75) is 43.5 Å². The fraction of sp³-hybridized carbons (Fsp3) is 0.423. The number of nitrogens with one attached hydrogen (secondary N) is 2. The van der Waals surface area contributed by atoms with Gasteiger partial charge >= 0.3 is 0 Å². The molecule has 0 saturated heterocycles. The van der Waals surface area contributed by atoms with Crippen LogP contribution in [-0.2, 0) is 27.2 Å². The Morgan fingerprint density at radius 2 is 1.66 bits per heavy atom. The highest BCUT2D eigenvalue weighted by atomic mass is 16.3. The van der Waals surface area contributed by atoms with Crippen molar-refractivity contribution in [2.24, 2.45) is 17.2 Å². The summed E-state index contributed by atoms with van der Waals surface area (Å²) in [7, 11) is 1.41. The van der Waals surface area contributed by atoms with Crippen LogP contribution in [0.4, 0.5) is 0 Å². The van der Waals surface area contributed by atoms with Gasteiger partial charge in [0.25, 0.3) is 0 Å². The van der Waals surface area contributed by atoms with E-state index in [9.17, 15) is 29.7 Å². The minimum absolute atomic E-state index is 0.0310. The van der Waals surface area contributed by atoms with Gasteiger partial charge in [-0.1, -0.05) is 12.1 Å². The summed E-state index contributed by atoms with van der Waals surface area (Å²) in [5.74, 6) is -1.96. The summed E-state index contributed by atoms with van der Waals surface area (Å²) in [6, 6.07) is 6.28. The van der Waals surface area contributed by atoms with E-state index in [4.69, 9.17) is 17.2 Å². The van der Waals surface area contributed by atoms with E-state index < -0.39 is 42.0 Å². The molecule has 3 rings (SSSR count). The molecule has 1 aliphatic heterocycles. The third kappa shape index (κ3) is 6.78. The van der Waals surface area contributed by atoms with Crippen molar-refractivity contribution < 1.29 is 29.7 Å². The predicted octanol–water partition coefficient (Wildman–Crippen LogP) is -1.71. The first-order valence-electron chi connectivity index (χ1n) is 12.4. The highest BCUT2D eigenvalue weighted by Crippen LogP contribution is 2.31. The van der Waals surface area contributed by atoms with Gasteiger partial charge in [0.2, 0.25) is 17.7 Å². The number of rotatable bonds is 6. The number of aliphatic hydroxyl groups is 1. The second kappa shape index (κ2) is 12.7. The first-order valence-corrected chi connectivity index (χ1v) is 12.4. The van der Waals surface area contributed by atoms with Crippen molar-refractivity contribution in [2.75, 3.05) is 26.7 Å². The monoisotopic (exact) mass is 528 g/mol. The predicted molar refractivity (Wildman–Crippen MR) is 141 cm³/mol. The number of aliphatic hydroxyl groups excluding tert-OH is 1.